The third-order valence-corrected chi connectivity index (χ3v) is 5.83. The van der Waals surface area contributed by atoms with Crippen molar-refractivity contribution < 1.29 is 19.4 Å². The lowest BCUT2D eigenvalue weighted by Crippen LogP contribution is -2.43. The number of H-pyrrole nitrogens is 1. The molecular weight excluding hydrogens is 406 g/mol. The molecular formula is C25H27N3O4. The van der Waals surface area contributed by atoms with E-state index < -0.39 is 18.1 Å². The average Bonchev–Trinajstić information content (AvgIpc) is 3.34. The van der Waals surface area contributed by atoms with Gasteiger partial charge in [0.25, 0.3) is 0 Å². The molecule has 166 valence electrons. The van der Waals surface area contributed by atoms with Crippen LogP contribution in [-0.4, -0.2) is 40.0 Å². The zero-order valence-corrected chi connectivity index (χ0v) is 18.4. The standard InChI is InChI=1S/C25H27N3O4/c1-25(2,3)22-15(13-26-28-22)12-21(23(29)30)27-24(31)32-14-20-18-10-6-4-8-16(18)17-9-5-7-11-19(17)20/h4-11,13,20-21H,12,14H2,1-3H3,(H,26,28)(H,27,31)(H,29,30). The third-order valence-electron chi connectivity index (χ3n) is 5.83. The molecule has 3 N–H and O–H groups in total. The van der Waals surface area contributed by atoms with Crippen LogP contribution in [-0.2, 0) is 21.4 Å². The Kier molecular flexibility index (Phi) is 5.74. The number of carboxylic acid groups (broad SMARTS) is 1. The van der Waals surface area contributed by atoms with Crippen molar-refractivity contribution in [1.29, 1.82) is 0 Å². The van der Waals surface area contributed by atoms with E-state index in [2.05, 4.69) is 27.6 Å². The molecule has 0 saturated carbocycles. The molecule has 1 unspecified atom stereocenters. The maximum atomic E-state index is 12.5. The highest BCUT2D eigenvalue weighted by molar-refractivity contribution is 5.81. The number of hydrogen-bond donors (Lipinski definition) is 3. The van der Waals surface area contributed by atoms with Crippen LogP contribution in [0.4, 0.5) is 4.79 Å². The minimum atomic E-state index is -1.13. The molecule has 0 saturated heterocycles. The Morgan fingerprint density at radius 1 is 1.09 bits per heavy atom. The fourth-order valence-corrected chi connectivity index (χ4v) is 4.32. The van der Waals surface area contributed by atoms with Gasteiger partial charge < -0.3 is 15.2 Å². The fraction of sp³-hybridized carbons (Fsp3) is 0.320. The van der Waals surface area contributed by atoms with Gasteiger partial charge in [0.2, 0.25) is 0 Å². The normalized spacial score (nSPS) is 13.8. The van der Waals surface area contributed by atoms with Crippen LogP contribution in [0, 0.1) is 0 Å². The van der Waals surface area contributed by atoms with E-state index in [0.717, 1.165) is 33.5 Å². The number of carbonyl (C=O) groups is 2. The molecule has 0 radical (unpaired) electrons. The number of ether oxygens (including phenoxy) is 1. The average molecular weight is 434 g/mol. The van der Waals surface area contributed by atoms with Gasteiger partial charge in [-0.15, -0.1) is 0 Å². The number of aromatic nitrogens is 2. The summed E-state index contributed by atoms with van der Waals surface area (Å²) >= 11 is 0. The molecule has 0 aliphatic heterocycles. The maximum absolute atomic E-state index is 12.5. The van der Waals surface area contributed by atoms with Gasteiger partial charge in [-0.25, -0.2) is 9.59 Å². The minimum Gasteiger partial charge on any atom is -0.480 e. The number of benzene rings is 2. The van der Waals surface area contributed by atoms with E-state index in [-0.39, 0.29) is 24.4 Å². The number of aliphatic carboxylic acids is 1. The fourth-order valence-electron chi connectivity index (χ4n) is 4.32. The number of nitrogens with zero attached hydrogens (tertiary/aromatic N) is 1. The number of aromatic amines is 1. The molecule has 7 nitrogen and oxygen atoms in total. The number of carboxylic acids is 1. The van der Waals surface area contributed by atoms with E-state index in [9.17, 15) is 14.7 Å². The van der Waals surface area contributed by atoms with Crippen molar-refractivity contribution in [1.82, 2.24) is 15.5 Å². The molecule has 2 aromatic carbocycles. The molecule has 0 bridgehead atoms. The molecule has 4 rings (SSSR count). The van der Waals surface area contributed by atoms with E-state index in [4.69, 9.17) is 4.74 Å². The topological polar surface area (TPSA) is 104 Å². The first-order chi connectivity index (χ1) is 15.3. The molecule has 3 aromatic rings. The zero-order valence-electron chi connectivity index (χ0n) is 18.4. The predicted octanol–water partition coefficient (Wildman–Crippen LogP) is 4.24. The SMILES string of the molecule is CC(C)(C)c1[nH]ncc1CC(NC(=O)OCC1c2ccccc2-c2ccccc21)C(=O)O. The van der Waals surface area contributed by atoms with Crippen molar-refractivity contribution in [2.45, 2.75) is 44.6 Å². The number of fused-ring (bicyclic) bond motifs is 3. The summed E-state index contributed by atoms with van der Waals surface area (Å²) < 4.78 is 5.50. The Balaban J connectivity index is 1.44. The Labute approximate surface area is 186 Å². The molecule has 1 aromatic heterocycles. The highest BCUT2D eigenvalue weighted by Crippen LogP contribution is 2.44. The first-order valence-electron chi connectivity index (χ1n) is 10.6. The summed E-state index contributed by atoms with van der Waals surface area (Å²) in [7, 11) is 0. The van der Waals surface area contributed by atoms with Gasteiger partial charge in [0.05, 0.1) is 6.20 Å². The Morgan fingerprint density at radius 3 is 2.25 bits per heavy atom. The lowest BCUT2D eigenvalue weighted by atomic mass is 9.88. The van der Waals surface area contributed by atoms with Crippen molar-refractivity contribution in [2.24, 2.45) is 0 Å². The van der Waals surface area contributed by atoms with Crippen molar-refractivity contribution >= 4 is 12.1 Å². The minimum absolute atomic E-state index is 0.0854. The quantitative estimate of drug-likeness (QED) is 0.539. The second-order valence-electron chi connectivity index (χ2n) is 9.09. The molecule has 0 fully saturated rings. The van der Waals surface area contributed by atoms with E-state index in [1.54, 1.807) is 6.20 Å². The van der Waals surface area contributed by atoms with E-state index in [1.165, 1.54) is 0 Å². The number of amides is 1. The molecule has 1 heterocycles. The number of hydrogen-bond acceptors (Lipinski definition) is 4. The summed E-state index contributed by atoms with van der Waals surface area (Å²) in [5.74, 6) is -1.21. The van der Waals surface area contributed by atoms with Gasteiger partial charge in [-0.3, -0.25) is 5.10 Å². The molecule has 32 heavy (non-hydrogen) atoms. The van der Waals surface area contributed by atoms with Crippen LogP contribution in [0.15, 0.2) is 54.7 Å². The van der Waals surface area contributed by atoms with Crippen molar-refractivity contribution in [3.05, 3.63) is 77.1 Å². The van der Waals surface area contributed by atoms with Crippen LogP contribution in [0.2, 0.25) is 0 Å². The third kappa shape index (κ3) is 4.23. The smallest absolute Gasteiger partial charge is 0.407 e. The summed E-state index contributed by atoms with van der Waals surface area (Å²) in [4.78, 5) is 24.3. The van der Waals surface area contributed by atoms with Crippen LogP contribution in [0.5, 0.6) is 0 Å². The predicted molar refractivity (Wildman–Crippen MR) is 121 cm³/mol. The second kappa shape index (κ2) is 8.49. The van der Waals surface area contributed by atoms with Gasteiger partial charge in [-0.2, -0.15) is 5.10 Å². The van der Waals surface area contributed by atoms with Gasteiger partial charge in [-0.1, -0.05) is 69.3 Å². The van der Waals surface area contributed by atoms with Crippen molar-refractivity contribution in [3.8, 4) is 11.1 Å². The Hall–Kier alpha value is -3.61. The summed E-state index contributed by atoms with van der Waals surface area (Å²) in [6.45, 7) is 6.17. The second-order valence-corrected chi connectivity index (χ2v) is 9.09. The Morgan fingerprint density at radius 2 is 1.69 bits per heavy atom. The highest BCUT2D eigenvalue weighted by Gasteiger charge is 2.30. The highest BCUT2D eigenvalue weighted by atomic mass is 16.5. The first-order valence-corrected chi connectivity index (χ1v) is 10.6. The Bertz CT molecular complexity index is 1100. The van der Waals surface area contributed by atoms with E-state index >= 15 is 0 Å². The lowest BCUT2D eigenvalue weighted by molar-refractivity contribution is -0.139. The van der Waals surface area contributed by atoms with Crippen LogP contribution in [0.1, 0.15) is 49.1 Å². The summed E-state index contributed by atoms with van der Waals surface area (Å²) in [5, 5.41) is 19.1. The van der Waals surface area contributed by atoms with E-state index in [1.807, 2.05) is 57.2 Å². The number of rotatable bonds is 6. The maximum Gasteiger partial charge on any atom is 0.407 e. The van der Waals surface area contributed by atoms with Gasteiger partial charge >= 0.3 is 12.1 Å². The molecule has 1 amide bonds. The molecule has 1 aliphatic rings. The lowest BCUT2D eigenvalue weighted by Gasteiger charge is -2.21. The molecule has 0 spiro atoms. The van der Waals surface area contributed by atoms with Crippen molar-refractivity contribution in [2.75, 3.05) is 6.61 Å². The summed E-state index contributed by atoms with van der Waals surface area (Å²) in [6, 6.07) is 15.0. The first kappa shape index (κ1) is 21.6. The van der Waals surface area contributed by atoms with Gasteiger partial charge in [0.1, 0.15) is 12.6 Å². The molecule has 1 atom stereocenters. The zero-order chi connectivity index (χ0) is 22.9. The van der Waals surface area contributed by atoms with E-state index in [0.29, 0.717) is 0 Å². The number of carbonyl (C=O) groups excluding carboxylic acids is 1. The summed E-state index contributed by atoms with van der Waals surface area (Å²) in [6.07, 6.45) is 0.971. The molecule has 1 aliphatic carbocycles. The number of nitrogens with one attached hydrogen (secondary N) is 2. The monoisotopic (exact) mass is 433 g/mol. The largest absolute Gasteiger partial charge is 0.480 e. The van der Waals surface area contributed by atoms with Crippen LogP contribution in [0.3, 0.4) is 0 Å². The van der Waals surface area contributed by atoms with Crippen LogP contribution >= 0.6 is 0 Å². The number of alkyl carbamates (subject to hydrolysis) is 1. The van der Waals surface area contributed by atoms with Crippen molar-refractivity contribution in [3.63, 3.8) is 0 Å². The van der Waals surface area contributed by atoms with Gasteiger partial charge in [0.15, 0.2) is 0 Å². The summed E-state index contributed by atoms with van der Waals surface area (Å²) in [5.41, 5.74) is 5.85. The van der Waals surface area contributed by atoms with Crippen LogP contribution < -0.4 is 5.32 Å². The van der Waals surface area contributed by atoms with Gasteiger partial charge in [-0.05, 0) is 27.8 Å². The molecule has 7 heteroatoms. The van der Waals surface area contributed by atoms with Gasteiger partial charge in [0, 0.05) is 23.4 Å². The van der Waals surface area contributed by atoms with Crippen LogP contribution in [0.25, 0.3) is 11.1 Å².